The van der Waals surface area contributed by atoms with E-state index in [9.17, 15) is 9.59 Å². The van der Waals surface area contributed by atoms with E-state index in [1.54, 1.807) is 9.58 Å². The number of methoxy groups -OCH3 is 1. The van der Waals surface area contributed by atoms with E-state index in [4.69, 9.17) is 9.47 Å². The average molecular weight is 544 g/mol. The molecular weight excluding hydrogens is 523 g/mol. The summed E-state index contributed by atoms with van der Waals surface area (Å²) in [6.45, 7) is 0.804. The van der Waals surface area contributed by atoms with Crippen LogP contribution in [0.15, 0.2) is 53.5 Å². The van der Waals surface area contributed by atoms with Crippen molar-refractivity contribution in [2.75, 3.05) is 31.9 Å². The van der Waals surface area contributed by atoms with Crippen molar-refractivity contribution in [3.05, 3.63) is 92.9 Å². The van der Waals surface area contributed by atoms with E-state index in [1.165, 1.54) is 25.4 Å². The van der Waals surface area contributed by atoms with Gasteiger partial charge in [-0.2, -0.15) is 0 Å². The van der Waals surface area contributed by atoms with Gasteiger partial charge in [-0.3, -0.25) is 0 Å². The van der Waals surface area contributed by atoms with Gasteiger partial charge in [0, 0.05) is 0 Å². The van der Waals surface area contributed by atoms with E-state index in [1.807, 2.05) is 29.3 Å². The number of hydrogen-bond donors (Lipinski definition) is 0. The van der Waals surface area contributed by atoms with Gasteiger partial charge in [-0.1, -0.05) is 0 Å². The standard InChI is InChI=1S/C25H21F2N3O4Se/c1-33-24-18(31)8-9-29-23(24)25(32)28-10-11-34-12-20(28)30(29)22-14-4-2-3-5-19(14)35-13-15-16(26)6-7-17(27)21(15)22/h2-9,20,22H,10-13H2,1H3/t20-,22-/m1/s1. The van der Waals surface area contributed by atoms with Gasteiger partial charge in [0.1, 0.15) is 0 Å². The summed E-state index contributed by atoms with van der Waals surface area (Å²) in [4.78, 5) is 27.8. The van der Waals surface area contributed by atoms with E-state index in [2.05, 4.69) is 0 Å². The summed E-state index contributed by atoms with van der Waals surface area (Å²) < 4.78 is 44.5. The van der Waals surface area contributed by atoms with Crippen LogP contribution < -0.4 is 19.6 Å². The third kappa shape index (κ3) is 3.31. The number of aromatic nitrogens is 1. The number of benzene rings is 2. The van der Waals surface area contributed by atoms with Crippen molar-refractivity contribution in [2.24, 2.45) is 0 Å². The number of fused-ring (bicyclic) bond motifs is 4. The van der Waals surface area contributed by atoms with Crippen molar-refractivity contribution in [1.82, 2.24) is 9.58 Å². The van der Waals surface area contributed by atoms with E-state index < -0.39 is 29.3 Å². The van der Waals surface area contributed by atoms with Crippen molar-refractivity contribution in [2.45, 2.75) is 17.5 Å². The fraction of sp³-hybridized carbons (Fsp3) is 0.280. The van der Waals surface area contributed by atoms with E-state index in [-0.39, 0.29) is 44.5 Å². The molecule has 0 bridgehead atoms. The number of hydrogen-bond acceptors (Lipinski definition) is 5. The van der Waals surface area contributed by atoms with E-state index in [0.717, 1.165) is 16.1 Å². The molecule has 1 aromatic heterocycles. The van der Waals surface area contributed by atoms with Crippen LogP contribution in [0.3, 0.4) is 0 Å². The molecule has 2 atom stereocenters. The molecule has 1 fully saturated rings. The molecule has 35 heavy (non-hydrogen) atoms. The number of halogens is 2. The summed E-state index contributed by atoms with van der Waals surface area (Å²) in [5.74, 6) is -1.43. The van der Waals surface area contributed by atoms with Crippen LogP contribution in [0.1, 0.15) is 33.2 Å². The van der Waals surface area contributed by atoms with Crippen LogP contribution in [0.2, 0.25) is 0 Å². The van der Waals surface area contributed by atoms with Gasteiger partial charge in [0.05, 0.1) is 0 Å². The molecule has 0 aliphatic carbocycles. The number of pyridine rings is 1. The summed E-state index contributed by atoms with van der Waals surface area (Å²) in [6, 6.07) is 10.6. The van der Waals surface area contributed by atoms with Gasteiger partial charge >= 0.3 is 206 Å². The molecule has 3 aromatic rings. The number of morpholine rings is 1. The number of carbonyl (C=O) groups excluding carboxylic acids is 1. The first-order chi connectivity index (χ1) is 17.0. The molecule has 4 heterocycles. The van der Waals surface area contributed by atoms with Crippen LogP contribution in [-0.4, -0.2) is 63.5 Å². The molecule has 180 valence electrons. The quantitative estimate of drug-likeness (QED) is 0.458. The van der Waals surface area contributed by atoms with Crippen LogP contribution in [-0.2, 0) is 10.1 Å². The third-order valence-electron chi connectivity index (χ3n) is 6.73. The Morgan fingerprint density at radius 2 is 1.89 bits per heavy atom. The van der Waals surface area contributed by atoms with E-state index in [0.29, 0.717) is 24.0 Å². The van der Waals surface area contributed by atoms with Gasteiger partial charge in [0.15, 0.2) is 0 Å². The second kappa shape index (κ2) is 8.48. The molecule has 2 aromatic carbocycles. The first-order valence-corrected chi connectivity index (χ1v) is 13.2. The van der Waals surface area contributed by atoms with Gasteiger partial charge < -0.3 is 0 Å². The Morgan fingerprint density at radius 3 is 2.71 bits per heavy atom. The summed E-state index contributed by atoms with van der Waals surface area (Å²) in [5, 5.41) is 2.23. The molecule has 0 saturated carbocycles. The molecule has 6 rings (SSSR count). The minimum absolute atomic E-state index is 0.0590. The van der Waals surface area contributed by atoms with Gasteiger partial charge in [-0.15, -0.1) is 0 Å². The molecule has 3 aliphatic heterocycles. The predicted molar refractivity (Wildman–Crippen MR) is 125 cm³/mol. The Labute approximate surface area is 206 Å². The number of carbonyl (C=O) groups is 1. The van der Waals surface area contributed by atoms with Crippen molar-refractivity contribution < 1.29 is 23.0 Å². The fourth-order valence-electron chi connectivity index (χ4n) is 5.19. The van der Waals surface area contributed by atoms with Crippen molar-refractivity contribution >= 4 is 25.3 Å². The SMILES string of the molecule is COc1c2n(ccc1=O)N([C@@H]1c3ccccc3[Se]Cc3c(F)ccc(F)c31)[C@@H]1COCCN1C2=O. The zero-order valence-electron chi connectivity index (χ0n) is 18.7. The number of ether oxygens (including phenoxy) is 2. The average Bonchev–Trinajstić information content (AvgIpc) is 3.05. The summed E-state index contributed by atoms with van der Waals surface area (Å²) in [7, 11) is 1.34. The molecule has 3 aliphatic rings. The molecule has 7 nitrogen and oxygen atoms in total. The maximum absolute atomic E-state index is 15.6. The Morgan fingerprint density at radius 1 is 1.09 bits per heavy atom. The summed E-state index contributed by atoms with van der Waals surface area (Å²) in [5.41, 5.74) is 1.03. The molecule has 10 heteroatoms. The zero-order valence-corrected chi connectivity index (χ0v) is 20.5. The predicted octanol–water partition coefficient (Wildman–Crippen LogP) is 1.52. The molecule has 1 amide bonds. The monoisotopic (exact) mass is 545 g/mol. The van der Waals surface area contributed by atoms with Gasteiger partial charge in [-0.25, -0.2) is 0 Å². The number of amides is 1. The number of rotatable bonds is 2. The fourth-order valence-corrected chi connectivity index (χ4v) is 7.52. The molecule has 1 saturated heterocycles. The molecule has 0 unspecified atom stereocenters. The third-order valence-corrected chi connectivity index (χ3v) is 9.07. The Balaban J connectivity index is 1.70. The van der Waals surface area contributed by atoms with Crippen LogP contribution in [0, 0.1) is 11.6 Å². The Kier molecular flexibility index (Phi) is 5.40. The van der Waals surface area contributed by atoms with Crippen LogP contribution >= 0.6 is 0 Å². The van der Waals surface area contributed by atoms with Gasteiger partial charge in [-0.05, 0) is 0 Å². The second-order valence-corrected chi connectivity index (χ2v) is 10.6. The first-order valence-electron chi connectivity index (χ1n) is 11.2. The summed E-state index contributed by atoms with van der Waals surface area (Å²) >= 11 is -0.132. The molecule has 0 spiro atoms. The van der Waals surface area contributed by atoms with E-state index >= 15 is 8.78 Å². The maximum atomic E-state index is 15.6. The van der Waals surface area contributed by atoms with Crippen LogP contribution in [0.4, 0.5) is 8.78 Å². The molecule has 0 N–H and O–H groups in total. The number of nitrogens with zero attached hydrogens (tertiary/aromatic N) is 3. The molecular formula is C25H21F2N3O4Se. The summed E-state index contributed by atoms with van der Waals surface area (Å²) in [6.07, 6.45) is 0.898. The Hall–Kier alpha value is -3.20. The van der Waals surface area contributed by atoms with Crippen molar-refractivity contribution in [3.8, 4) is 5.75 Å². The normalized spacial score (nSPS) is 20.9. The minimum atomic E-state index is -0.769. The van der Waals surface area contributed by atoms with Crippen LogP contribution in [0.25, 0.3) is 0 Å². The van der Waals surface area contributed by atoms with Gasteiger partial charge in [0.2, 0.25) is 0 Å². The first kappa shape index (κ1) is 22.3. The van der Waals surface area contributed by atoms with Crippen molar-refractivity contribution in [1.29, 1.82) is 0 Å². The van der Waals surface area contributed by atoms with Gasteiger partial charge in [0.25, 0.3) is 0 Å². The second-order valence-electron chi connectivity index (χ2n) is 8.49. The van der Waals surface area contributed by atoms with Crippen LogP contribution in [0.5, 0.6) is 5.75 Å². The topological polar surface area (TPSA) is 64.0 Å². The zero-order chi connectivity index (χ0) is 24.3. The Bertz CT molecular complexity index is 1410. The van der Waals surface area contributed by atoms with Crippen molar-refractivity contribution in [3.63, 3.8) is 0 Å². The molecule has 0 radical (unpaired) electrons.